The molecule has 0 saturated carbocycles. The van der Waals surface area contributed by atoms with Crippen molar-refractivity contribution in [1.29, 1.82) is 0 Å². The van der Waals surface area contributed by atoms with Gasteiger partial charge in [0.2, 0.25) is 0 Å². The molecular formula is C15H13BrClFN2O. The fourth-order valence-electron chi connectivity index (χ4n) is 1.85. The van der Waals surface area contributed by atoms with Gasteiger partial charge in [-0.05, 0) is 53.2 Å². The van der Waals surface area contributed by atoms with E-state index in [1.165, 1.54) is 6.07 Å². The number of anilines is 2. The highest BCUT2D eigenvalue weighted by molar-refractivity contribution is 9.10. The first-order valence-electron chi connectivity index (χ1n) is 6.31. The first kappa shape index (κ1) is 15.8. The molecule has 0 unspecified atom stereocenters. The standard InChI is InChI=1S/C15H13BrClFN2O/c1-2-19-13-7-6-9(17)8-10(13)15(21)20-14-11(16)4-3-5-12(14)18/h3-8,19H,2H2,1H3,(H,20,21). The molecule has 0 heterocycles. The summed E-state index contributed by atoms with van der Waals surface area (Å²) in [5.41, 5.74) is 1.11. The van der Waals surface area contributed by atoms with Gasteiger partial charge in [0.15, 0.2) is 0 Å². The average molecular weight is 372 g/mol. The summed E-state index contributed by atoms with van der Waals surface area (Å²) in [6.45, 7) is 2.58. The number of hydrogen-bond donors (Lipinski definition) is 2. The lowest BCUT2D eigenvalue weighted by atomic mass is 10.1. The zero-order valence-electron chi connectivity index (χ0n) is 11.2. The van der Waals surface area contributed by atoms with Crippen LogP contribution in [-0.2, 0) is 0 Å². The number of nitrogens with one attached hydrogen (secondary N) is 2. The summed E-state index contributed by atoms with van der Waals surface area (Å²) in [4.78, 5) is 12.4. The van der Waals surface area contributed by atoms with Gasteiger partial charge in [-0.2, -0.15) is 0 Å². The van der Waals surface area contributed by atoms with E-state index in [4.69, 9.17) is 11.6 Å². The number of amides is 1. The molecule has 0 radical (unpaired) electrons. The molecule has 21 heavy (non-hydrogen) atoms. The average Bonchev–Trinajstić information content (AvgIpc) is 2.45. The maximum Gasteiger partial charge on any atom is 0.257 e. The van der Waals surface area contributed by atoms with Crippen molar-refractivity contribution in [3.05, 3.63) is 57.3 Å². The van der Waals surface area contributed by atoms with Gasteiger partial charge in [0.05, 0.1) is 11.3 Å². The molecule has 2 aromatic carbocycles. The Kier molecular flexibility index (Phi) is 5.20. The summed E-state index contributed by atoms with van der Waals surface area (Å²) in [6, 6.07) is 9.44. The number of carbonyl (C=O) groups excluding carboxylic acids is 1. The lowest BCUT2D eigenvalue weighted by Gasteiger charge is -2.13. The van der Waals surface area contributed by atoms with Crippen molar-refractivity contribution in [2.24, 2.45) is 0 Å². The van der Waals surface area contributed by atoms with Gasteiger partial charge in [-0.3, -0.25) is 4.79 Å². The third-order valence-corrected chi connectivity index (χ3v) is 3.69. The molecule has 2 N–H and O–H groups in total. The molecule has 0 saturated heterocycles. The van der Waals surface area contributed by atoms with E-state index in [-0.39, 0.29) is 5.69 Å². The molecule has 0 aliphatic heterocycles. The summed E-state index contributed by atoms with van der Waals surface area (Å²) >= 11 is 9.15. The molecule has 6 heteroatoms. The largest absolute Gasteiger partial charge is 0.385 e. The molecule has 0 bridgehead atoms. The van der Waals surface area contributed by atoms with Crippen LogP contribution in [0, 0.1) is 5.82 Å². The molecule has 0 fully saturated rings. The number of benzene rings is 2. The SMILES string of the molecule is CCNc1ccc(Cl)cc1C(=O)Nc1c(F)cccc1Br. The van der Waals surface area contributed by atoms with Crippen LogP contribution in [0.3, 0.4) is 0 Å². The molecule has 2 rings (SSSR count). The number of halogens is 3. The van der Waals surface area contributed by atoms with Crippen molar-refractivity contribution in [1.82, 2.24) is 0 Å². The van der Waals surface area contributed by atoms with E-state index in [1.54, 1.807) is 30.3 Å². The highest BCUT2D eigenvalue weighted by atomic mass is 79.9. The smallest absolute Gasteiger partial charge is 0.257 e. The molecule has 0 spiro atoms. The first-order chi connectivity index (χ1) is 10.0. The Hall–Kier alpha value is -1.59. The van der Waals surface area contributed by atoms with Crippen molar-refractivity contribution in [3.63, 3.8) is 0 Å². The highest BCUT2D eigenvalue weighted by Gasteiger charge is 2.15. The maximum absolute atomic E-state index is 13.8. The Bertz CT molecular complexity index is 658. The maximum atomic E-state index is 13.8. The van der Waals surface area contributed by atoms with Crippen LogP contribution in [0.1, 0.15) is 17.3 Å². The van der Waals surface area contributed by atoms with Crippen molar-refractivity contribution < 1.29 is 9.18 Å². The van der Waals surface area contributed by atoms with E-state index in [0.29, 0.717) is 27.3 Å². The minimum Gasteiger partial charge on any atom is -0.385 e. The monoisotopic (exact) mass is 370 g/mol. The summed E-state index contributed by atoms with van der Waals surface area (Å²) in [6.07, 6.45) is 0. The molecule has 1 amide bonds. The third-order valence-electron chi connectivity index (χ3n) is 2.79. The number of hydrogen-bond acceptors (Lipinski definition) is 2. The second-order valence-electron chi connectivity index (χ2n) is 4.27. The van der Waals surface area contributed by atoms with Gasteiger partial charge < -0.3 is 10.6 Å². The van der Waals surface area contributed by atoms with Gasteiger partial charge in [-0.25, -0.2) is 4.39 Å². The summed E-state index contributed by atoms with van der Waals surface area (Å²) in [5.74, 6) is -0.941. The molecule has 0 aromatic heterocycles. The Morgan fingerprint density at radius 3 is 2.76 bits per heavy atom. The molecular weight excluding hydrogens is 359 g/mol. The van der Waals surface area contributed by atoms with Crippen molar-refractivity contribution in [3.8, 4) is 0 Å². The Morgan fingerprint density at radius 2 is 2.10 bits per heavy atom. The van der Waals surface area contributed by atoms with Crippen molar-refractivity contribution in [2.75, 3.05) is 17.2 Å². The second kappa shape index (κ2) is 6.91. The van der Waals surface area contributed by atoms with E-state index >= 15 is 0 Å². The minimum atomic E-state index is -0.509. The summed E-state index contributed by atoms with van der Waals surface area (Å²) in [5, 5.41) is 6.07. The molecule has 2 aromatic rings. The fraction of sp³-hybridized carbons (Fsp3) is 0.133. The quantitative estimate of drug-likeness (QED) is 0.800. The van der Waals surface area contributed by atoms with Crippen molar-refractivity contribution >= 4 is 44.8 Å². The van der Waals surface area contributed by atoms with Gasteiger partial charge in [0.25, 0.3) is 5.91 Å². The van der Waals surface area contributed by atoms with E-state index in [2.05, 4.69) is 26.6 Å². The molecule has 3 nitrogen and oxygen atoms in total. The van der Waals surface area contributed by atoms with Crippen LogP contribution < -0.4 is 10.6 Å². The van der Waals surface area contributed by atoms with Crippen LogP contribution in [0.5, 0.6) is 0 Å². The number of para-hydroxylation sites is 1. The predicted molar refractivity (Wildman–Crippen MR) is 87.7 cm³/mol. The lowest BCUT2D eigenvalue weighted by Crippen LogP contribution is -2.16. The van der Waals surface area contributed by atoms with Gasteiger partial charge in [0, 0.05) is 21.7 Å². The lowest BCUT2D eigenvalue weighted by molar-refractivity contribution is 0.102. The number of carbonyl (C=O) groups is 1. The predicted octanol–water partition coefficient (Wildman–Crippen LogP) is 4.93. The van der Waals surface area contributed by atoms with Crippen LogP contribution in [0.25, 0.3) is 0 Å². The van der Waals surface area contributed by atoms with Gasteiger partial charge in [-0.1, -0.05) is 17.7 Å². The van der Waals surface area contributed by atoms with E-state index < -0.39 is 11.7 Å². The summed E-state index contributed by atoms with van der Waals surface area (Å²) < 4.78 is 14.2. The Morgan fingerprint density at radius 1 is 1.33 bits per heavy atom. The zero-order chi connectivity index (χ0) is 15.4. The van der Waals surface area contributed by atoms with E-state index in [1.807, 2.05) is 6.92 Å². The molecule has 0 aliphatic carbocycles. The van der Waals surface area contributed by atoms with E-state index in [0.717, 1.165) is 0 Å². The van der Waals surface area contributed by atoms with Crippen LogP contribution in [0.15, 0.2) is 40.9 Å². The van der Waals surface area contributed by atoms with Crippen LogP contribution in [-0.4, -0.2) is 12.5 Å². The fourth-order valence-corrected chi connectivity index (χ4v) is 2.46. The topological polar surface area (TPSA) is 41.1 Å². The van der Waals surface area contributed by atoms with Crippen LogP contribution in [0.4, 0.5) is 15.8 Å². The second-order valence-corrected chi connectivity index (χ2v) is 5.56. The van der Waals surface area contributed by atoms with Crippen LogP contribution >= 0.6 is 27.5 Å². The minimum absolute atomic E-state index is 0.102. The molecule has 0 aliphatic rings. The van der Waals surface area contributed by atoms with Crippen LogP contribution in [0.2, 0.25) is 5.02 Å². The first-order valence-corrected chi connectivity index (χ1v) is 7.48. The Labute approximate surface area is 135 Å². The van der Waals surface area contributed by atoms with E-state index in [9.17, 15) is 9.18 Å². The highest BCUT2D eigenvalue weighted by Crippen LogP contribution is 2.27. The van der Waals surface area contributed by atoms with Gasteiger partial charge >= 0.3 is 0 Å². The Balaban J connectivity index is 2.34. The molecule has 0 atom stereocenters. The zero-order valence-corrected chi connectivity index (χ0v) is 13.6. The molecule has 110 valence electrons. The van der Waals surface area contributed by atoms with Gasteiger partial charge in [-0.15, -0.1) is 0 Å². The number of rotatable bonds is 4. The third kappa shape index (κ3) is 3.74. The normalized spacial score (nSPS) is 10.3. The summed E-state index contributed by atoms with van der Waals surface area (Å²) in [7, 11) is 0. The van der Waals surface area contributed by atoms with Gasteiger partial charge in [0.1, 0.15) is 5.82 Å². The van der Waals surface area contributed by atoms with Crippen molar-refractivity contribution in [2.45, 2.75) is 6.92 Å².